The Morgan fingerprint density at radius 3 is 2.65 bits per heavy atom. The molecule has 4 N–H and O–H groups in total. The second-order valence-electron chi connectivity index (χ2n) is 4.98. The Hall–Kier alpha value is -0.850. The molecule has 0 saturated carbocycles. The second kappa shape index (κ2) is 9.96. The van der Waals surface area contributed by atoms with Crippen molar-refractivity contribution in [2.75, 3.05) is 13.1 Å². The molecule has 0 aromatic rings. The van der Waals surface area contributed by atoms with E-state index in [9.17, 15) is 9.59 Å². The molecule has 3 atom stereocenters. The third-order valence-corrected chi connectivity index (χ3v) is 3.33. The molecule has 1 aliphatic heterocycles. The summed E-state index contributed by atoms with van der Waals surface area (Å²) >= 11 is 0. The van der Waals surface area contributed by atoms with E-state index < -0.39 is 6.10 Å². The Morgan fingerprint density at radius 1 is 1.40 bits per heavy atom. The number of hydrogen-bond acceptors (Lipinski definition) is 4. The molecule has 1 rings (SSSR count). The van der Waals surface area contributed by atoms with Gasteiger partial charge in [-0.1, -0.05) is 6.92 Å². The molecule has 1 fully saturated rings. The summed E-state index contributed by atoms with van der Waals surface area (Å²) in [5.41, 5.74) is 5.49. The van der Waals surface area contributed by atoms with E-state index in [1.165, 1.54) is 0 Å². The van der Waals surface area contributed by atoms with E-state index in [1.807, 2.05) is 13.8 Å². The molecular formula is C13H26ClN3O3. The summed E-state index contributed by atoms with van der Waals surface area (Å²) in [5.74, 6) is -0.186. The molecule has 1 saturated heterocycles. The first kappa shape index (κ1) is 19.1. The Kier molecular flexibility index (Phi) is 9.54. The van der Waals surface area contributed by atoms with Crippen molar-refractivity contribution in [1.82, 2.24) is 10.6 Å². The van der Waals surface area contributed by atoms with Crippen molar-refractivity contribution in [3.05, 3.63) is 0 Å². The van der Waals surface area contributed by atoms with Crippen LogP contribution in [0.15, 0.2) is 0 Å². The van der Waals surface area contributed by atoms with E-state index in [2.05, 4.69) is 10.6 Å². The van der Waals surface area contributed by atoms with Crippen LogP contribution >= 0.6 is 12.4 Å². The minimum Gasteiger partial charge on any atom is -0.364 e. The lowest BCUT2D eigenvalue weighted by atomic mass is 10.2. The van der Waals surface area contributed by atoms with Gasteiger partial charge >= 0.3 is 0 Å². The normalized spacial score (nSPS) is 22.8. The van der Waals surface area contributed by atoms with E-state index in [4.69, 9.17) is 10.5 Å². The molecular weight excluding hydrogens is 282 g/mol. The number of ether oxygens (including phenoxy) is 1. The third kappa shape index (κ3) is 6.54. The van der Waals surface area contributed by atoms with Crippen molar-refractivity contribution >= 4 is 24.2 Å². The fourth-order valence-electron chi connectivity index (χ4n) is 1.93. The zero-order valence-corrected chi connectivity index (χ0v) is 13.0. The minimum absolute atomic E-state index is 0. The van der Waals surface area contributed by atoms with E-state index in [0.29, 0.717) is 25.9 Å². The summed E-state index contributed by atoms with van der Waals surface area (Å²) in [4.78, 5) is 23.3. The summed E-state index contributed by atoms with van der Waals surface area (Å²) in [5, 5.41) is 5.58. The Balaban J connectivity index is 0.00000361. The van der Waals surface area contributed by atoms with Crippen molar-refractivity contribution in [2.24, 2.45) is 5.73 Å². The molecule has 0 bridgehead atoms. The number of halogens is 1. The van der Waals surface area contributed by atoms with Crippen LogP contribution < -0.4 is 16.4 Å². The summed E-state index contributed by atoms with van der Waals surface area (Å²) in [6.07, 6.45) is 2.30. The molecule has 1 unspecified atom stereocenters. The van der Waals surface area contributed by atoms with Crippen LogP contribution in [0.25, 0.3) is 0 Å². The van der Waals surface area contributed by atoms with Crippen molar-refractivity contribution in [3.63, 3.8) is 0 Å². The second-order valence-corrected chi connectivity index (χ2v) is 4.98. The first-order chi connectivity index (χ1) is 9.06. The van der Waals surface area contributed by atoms with Crippen molar-refractivity contribution in [3.8, 4) is 0 Å². The Labute approximate surface area is 126 Å². The topological polar surface area (TPSA) is 93.5 Å². The van der Waals surface area contributed by atoms with Gasteiger partial charge in [-0.2, -0.15) is 0 Å². The summed E-state index contributed by atoms with van der Waals surface area (Å²) in [7, 11) is 0. The van der Waals surface area contributed by atoms with Gasteiger partial charge in [0.2, 0.25) is 11.8 Å². The molecule has 0 radical (unpaired) electrons. The smallest absolute Gasteiger partial charge is 0.249 e. The highest BCUT2D eigenvalue weighted by Crippen LogP contribution is 2.18. The van der Waals surface area contributed by atoms with Gasteiger partial charge in [0.05, 0.1) is 6.10 Å². The summed E-state index contributed by atoms with van der Waals surface area (Å²) < 4.78 is 5.47. The van der Waals surface area contributed by atoms with Crippen LogP contribution in [0, 0.1) is 0 Å². The van der Waals surface area contributed by atoms with Crippen LogP contribution in [0.2, 0.25) is 0 Å². The van der Waals surface area contributed by atoms with Gasteiger partial charge in [0.25, 0.3) is 0 Å². The number of rotatable bonds is 7. The highest BCUT2D eigenvalue weighted by molar-refractivity contribution is 5.85. The number of amides is 2. The molecule has 0 aromatic carbocycles. The van der Waals surface area contributed by atoms with Gasteiger partial charge in [-0.15, -0.1) is 12.4 Å². The lowest BCUT2D eigenvalue weighted by Crippen LogP contribution is -2.39. The van der Waals surface area contributed by atoms with E-state index in [-0.39, 0.29) is 36.4 Å². The zero-order chi connectivity index (χ0) is 14.3. The summed E-state index contributed by atoms with van der Waals surface area (Å²) in [6.45, 7) is 4.75. The summed E-state index contributed by atoms with van der Waals surface area (Å²) in [6, 6.07) is 0.173. The van der Waals surface area contributed by atoms with Gasteiger partial charge in [0, 0.05) is 25.6 Å². The first-order valence-corrected chi connectivity index (χ1v) is 6.99. The van der Waals surface area contributed by atoms with Gasteiger partial charge in [-0.25, -0.2) is 0 Å². The van der Waals surface area contributed by atoms with Gasteiger partial charge in [0.1, 0.15) is 6.10 Å². The standard InChI is InChI=1S/C13H25N3O3.ClH/c1-3-9(2)16-12(17)6-7-15-13(18)11-5-4-10(8-14)19-11;/h9-11H,3-8,14H2,1-2H3,(H,15,18)(H,16,17);1H/t9?,10-,11+;/m1./s1. The lowest BCUT2D eigenvalue weighted by Gasteiger charge is -2.14. The van der Waals surface area contributed by atoms with E-state index in [1.54, 1.807) is 0 Å². The monoisotopic (exact) mass is 307 g/mol. The number of carbonyl (C=O) groups excluding carboxylic acids is 2. The first-order valence-electron chi connectivity index (χ1n) is 6.99. The van der Waals surface area contributed by atoms with Crippen LogP contribution in [0.5, 0.6) is 0 Å². The van der Waals surface area contributed by atoms with Crippen molar-refractivity contribution in [1.29, 1.82) is 0 Å². The van der Waals surface area contributed by atoms with Crippen LogP contribution in [0.4, 0.5) is 0 Å². The van der Waals surface area contributed by atoms with Crippen LogP contribution in [-0.4, -0.2) is 43.2 Å². The van der Waals surface area contributed by atoms with E-state index in [0.717, 1.165) is 12.8 Å². The quantitative estimate of drug-likeness (QED) is 0.632. The zero-order valence-electron chi connectivity index (χ0n) is 12.2. The van der Waals surface area contributed by atoms with Gasteiger partial charge in [0.15, 0.2) is 0 Å². The highest BCUT2D eigenvalue weighted by atomic mass is 35.5. The van der Waals surface area contributed by atoms with Crippen molar-refractivity contribution in [2.45, 2.75) is 57.8 Å². The average molecular weight is 308 g/mol. The van der Waals surface area contributed by atoms with Crippen LogP contribution in [0.1, 0.15) is 39.5 Å². The molecule has 20 heavy (non-hydrogen) atoms. The number of nitrogens with two attached hydrogens (primary N) is 1. The van der Waals surface area contributed by atoms with Gasteiger partial charge < -0.3 is 21.1 Å². The van der Waals surface area contributed by atoms with Gasteiger partial charge in [-0.05, 0) is 26.2 Å². The van der Waals surface area contributed by atoms with Crippen LogP contribution in [0.3, 0.4) is 0 Å². The largest absolute Gasteiger partial charge is 0.364 e. The SMILES string of the molecule is CCC(C)NC(=O)CCNC(=O)[C@@H]1CC[C@H](CN)O1.Cl. The molecule has 1 aliphatic rings. The predicted octanol–water partition coefficient (Wildman–Crippen LogP) is 0.336. The third-order valence-electron chi connectivity index (χ3n) is 3.33. The molecule has 6 nitrogen and oxygen atoms in total. The molecule has 0 aliphatic carbocycles. The molecule has 0 aromatic heterocycles. The molecule has 7 heteroatoms. The number of carbonyl (C=O) groups is 2. The minimum atomic E-state index is -0.411. The molecule has 2 amide bonds. The molecule has 0 spiro atoms. The Morgan fingerprint density at radius 2 is 2.10 bits per heavy atom. The molecule has 1 heterocycles. The number of nitrogens with one attached hydrogen (secondary N) is 2. The lowest BCUT2D eigenvalue weighted by molar-refractivity contribution is -0.132. The Bertz CT molecular complexity index is 315. The van der Waals surface area contributed by atoms with Crippen LogP contribution in [-0.2, 0) is 14.3 Å². The molecule has 118 valence electrons. The van der Waals surface area contributed by atoms with E-state index >= 15 is 0 Å². The highest BCUT2D eigenvalue weighted by Gasteiger charge is 2.29. The fraction of sp³-hybridized carbons (Fsp3) is 0.846. The average Bonchev–Trinajstić information content (AvgIpc) is 2.87. The maximum Gasteiger partial charge on any atom is 0.249 e. The maximum absolute atomic E-state index is 11.8. The fourth-order valence-corrected chi connectivity index (χ4v) is 1.93. The number of hydrogen-bond donors (Lipinski definition) is 3. The van der Waals surface area contributed by atoms with Gasteiger partial charge in [-0.3, -0.25) is 9.59 Å². The van der Waals surface area contributed by atoms with Crippen molar-refractivity contribution < 1.29 is 14.3 Å². The predicted molar refractivity (Wildman–Crippen MR) is 79.7 cm³/mol. The maximum atomic E-state index is 11.8.